The van der Waals surface area contributed by atoms with Gasteiger partial charge in [-0.25, -0.2) is 9.97 Å². The Morgan fingerprint density at radius 3 is 2.34 bits per heavy atom. The number of para-hydroxylation sites is 1. The molecule has 0 aliphatic carbocycles. The first-order valence-corrected chi connectivity index (χ1v) is 11.1. The highest BCUT2D eigenvalue weighted by Gasteiger charge is 2.12. The molecule has 1 heterocycles. The number of halogens is 2. The van der Waals surface area contributed by atoms with Crippen LogP contribution in [-0.4, -0.2) is 23.1 Å². The molecule has 2 N–H and O–H groups in total. The molecule has 0 spiro atoms. The van der Waals surface area contributed by atoms with Gasteiger partial charge in [0.05, 0.1) is 22.2 Å². The van der Waals surface area contributed by atoms with E-state index >= 15 is 0 Å². The van der Waals surface area contributed by atoms with Crippen LogP contribution in [0.15, 0.2) is 66.7 Å². The first kappa shape index (κ1) is 21.9. The molecule has 0 bridgehead atoms. The molecule has 0 saturated carbocycles. The molecule has 0 unspecified atom stereocenters. The molecule has 0 aliphatic rings. The fourth-order valence-electron chi connectivity index (χ4n) is 3.35. The van der Waals surface area contributed by atoms with Crippen LogP contribution in [0.3, 0.4) is 0 Å². The van der Waals surface area contributed by atoms with Crippen LogP contribution in [0.2, 0.25) is 10.0 Å². The van der Waals surface area contributed by atoms with Crippen molar-refractivity contribution in [3.05, 3.63) is 82.3 Å². The second kappa shape index (κ2) is 10.3. The third-order valence-corrected chi connectivity index (χ3v) is 5.56. The fourth-order valence-corrected chi connectivity index (χ4v) is 3.85. The van der Waals surface area contributed by atoms with Crippen molar-refractivity contribution in [1.29, 1.82) is 5.26 Å². The van der Waals surface area contributed by atoms with Crippen molar-refractivity contribution in [2.24, 2.45) is 0 Å². The minimum atomic E-state index is 0.521. The molecule has 0 atom stereocenters. The monoisotopic (exact) mass is 461 g/mol. The summed E-state index contributed by atoms with van der Waals surface area (Å²) in [6, 6.07) is 22.8. The van der Waals surface area contributed by atoms with E-state index in [0.717, 1.165) is 53.9 Å². The number of benzene rings is 3. The molecule has 0 amide bonds. The van der Waals surface area contributed by atoms with Gasteiger partial charge in [-0.1, -0.05) is 35.3 Å². The Morgan fingerprint density at radius 2 is 1.59 bits per heavy atom. The summed E-state index contributed by atoms with van der Waals surface area (Å²) in [6.45, 7) is 1.63. The molecule has 0 saturated heterocycles. The summed E-state index contributed by atoms with van der Waals surface area (Å²) < 4.78 is 0. The lowest BCUT2D eigenvalue weighted by atomic mass is 10.1. The van der Waals surface area contributed by atoms with E-state index in [2.05, 4.69) is 16.7 Å². The molecule has 4 aromatic rings. The molecule has 0 fully saturated rings. The number of hydrogen-bond donors (Lipinski definition) is 2. The van der Waals surface area contributed by atoms with E-state index in [1.54, 1.807) is 12.1 Å². The number of nitriles is 1. The minimum Gasteiger partial charge on any atom is -0.385 e. The Balaban J connectivity index is 1.40. The maximum Gasteiger partial charge on any atom is 0.163 e. The van der Waals surface area contributed by atoms with Gasteiger partial charge in [-0.2, -0.15) is 5.26 Å². The highest BCUT2D eigenvalue weighted by atomic mass is 35.5. The third kappa shape index (κ3) is 5.28. The van der Waals surface area contributed by atoms with E-state index in [0.29, 0.717) is 21.4 Å². The van der Waals surface area contributed by atoms with Crippen molar-refractivity contribution in [3.63, 3.8) is 0 Å². The maximum atomic E-state index is 8.87. The zero-order valence-electron chi connectivity index (χ0n) is 17.3. The molecule has 0 radical (unpaired) electrons. The Hall–Kier alpha value is -3.33. The number of hydrogen-bond acceptors (Lipinski definition) is 5. The topological polar surface area (TPSA) is 73.6 Å². The zero-order valence-corrected chi connectivity index (χ0v) is 18.8. The predicted octanol–water partition coefficient (Wildman–Crippen LogP) is 6.78. The van der Waals surface area contributed by atoms with E-state index in [4.69, 9.17) is 38.4 Å². The van der Waals surface area contributed by atoms with Crippen LogP contribution in [0.5, 0.6) is 0 Å². The normalized spacial score (nSPS) is 10.7. The third-order valence-electron chi connectivity index (χ3n) is 5.01. The minimum absolute atomic E-state index is 0.521. The van der Waals surface area contributed by atoms with Crippen molar-refractivity contribution < 1.29 is 0 Å². The van der Waals surface area contributed by atoms with Gasteiger partial charge in [0.2, 0.25) is 0 Å². The molecular formula is C25H21Cl2N5. The predicted molar refractivity (Wildman–Crippen MR) is 132 cm³/mol. The van der Waals surface area contributed by atoms with Gasteiger partial charge in [-0.3, -0.25) is 0 Å². The molecule has 160 valence electrons. The van der Waals surface area contributed by atoms with Crippen molar-refractivity contribution >= 4 is 45.6 Å². The van der Waals surface area contributed by atoms with Crippen LogP contribution < -0.4 is 10.6 Å². The Kier molecular flexibility index (Phi) is 7.06. The molecule has 5 nitrogen and oxygen atoms in total. The maximum absolute atomic E-state index is 8.87. The number of nitrogens with zero attached hydrogens (tertiary/aromatic N) is 3. The summed E-state index contributed by atoms with van der Waals surface area (Å²) in [4.78, 5) is 9.44. The zero-order chi connectivity index (χ0) is 22.3. The van der Waals surface area contributed by atoms with Crippen LogP contribution in [0.25, 0.3) is 22.3 Å². The van der Waals surface area contributed by atoms with Crippen molar-refractivity contribution in [3.8, 4) is 17.5 Å². The lowest BCUT2D eigenvalue weighted by molar-refractivity contribution is 0.794. The fraction of sp³-hybridized carbons (Fsp3) is 0.160. The number of rotatable bonds is 8. The van der Waals surface area contributed by atoms with E-state index in [1.165, 1.54) is 0 Å². The van der Waals surface area contributed by atoms with Crippen molar-refractivity contribution in [2.75, 3.05) is 23.7 Å². The van der Waals surface area contributed by atoms with Gasteiger partial charge in [0, 0.05) is 34.7 Å². The lowest BCUT2D eigenvalue weighted by Gasteiger charge is -2.12. The summed E-state index contributed by atoms with van der Waals surface area (Å²) in [5.74, 6) is 1.35. The molecule has 3 aromatic carbocycles. The SMILES string of the molecule is N#Cc1ccc(NCCCCNc2nc(-c3ccc(Cl)cc3Cl)nc3ccccc23)cc1. The largest absolute Gasteiger partial charge is 0.385 e. The quantitative estimate of drug-likeness (QED) is 0.283. The summed E-state index contributed by atoms with van der Waals surface area (Å²) in [5, 5.41) is 17.8. The standard InChI is InChI=1S/C25H21Cl2N5/c26-18-9-12-20(22(27)15-18)25-31-23-6-2-1-5-21(23)24(32-25)30-14-4-3-13-29-19-10-7-17(16-28)8-11-19/h1-2,5-12,15,29H,3-4,13-14H2,(H,30,31,32). The van der Waals surface area contributed by atoms with E-state index in [1.807, 2.05) is 54.6 Å². The highest BCUT2D eigenvalue weighted by molar-refractivity contribution is 6.36. The van der Waals surface area contributed by atoms with Crippen LogP contribution in [0, 0.1) is 11.3 Å². The molecular weight excluding hydrogens is 441 g/mol. The van der Waals surface area contributed by atoms with Gasteiger partial charge in [0.1, 0.15) is 5.82 Å². The molecule has 7 heteroatoms. The van der Waals surface area contributed by atoms with Gasteiger partial charge in [-0.05, 0) is 67.4 Å². The summed E-state index contributed by atoms with van der Waals surface area (Å²) in [7, 11) is 0. The summed E-state index contributed by atoms with van der Waals surface area (Å²) in [5.41, 5.74) is 3.28. The number of fused-ring (bicyclic) bond motifs is 1. The molecule has 1 aromatic heterocycles. The number of nitrogens with one attached hydrogen (secondary N) is 2. The average molecular weight is 462 g/mol. The highest BCUT2D eigenvalue weighted by Crippen LogP contribution is 2.31. The van der Waals surface area contributed by atoms with Crippen LogP contribution >= 0.6 is 23.2 Å². The second-order valence-corrected chi connectivity index (χ2v) is 8.13. The summed E-state index contributed by atoms with van der Waals surface area (Å²) in [6.07, 6.45) is 1.96. The van der Waals surface area contributed by atoms with Crippen LogP contribution in [0.1, 0.15) is 18.4 Å². The number of anilines is 2. The average Bonchev–Trinajstić information content (AvgIpc) is 2.81. The Labute approximate surface area is 197 Å². The Morgan fingerprint density at radius 1 is 0.844 bits per heavy atom. The smallest absolute Gasteiger partial charge is 0.163 e. The van der Waals surface area contributed by atoms with Crippen molar-refractivity contribution in [1.82, 2.24) is 9.97 Å². The van der Waals surface area contributed by atoms with E-state index in [-0.39, 0.29) is 0 Å². The summed E-state index contributed by atoms with van der Waals surface area (Å²) >= 11 is 12.4. The first-order valence-electron chi connectivity index (χ1n) is 10.3. The lowest BCUT2D eigenvalue weighted by Crippen LogP contribution is -2.08. The van der Waals surface area contributed by atoms with Gasteiger partial charge in [0.25, 0.3) is 0 Å². The first-order chi connectivity index (χ1) is 15.6. The van der Waals surface area contributed by atoms with Crippen molar-refractivity contribution in [2.45, 2.75) is 12.8 Å². The number of unbranched alkanes of at least 4 members (excludes halogenated alkanes) is 1. The number of aromatic nitrogens is 2. The Bertz CT molecular complexity index is 1270. The van der Waals surface area contributed by atoms with Gasteiger partial charge >= 0.3 is 0 Å². The molecule has 0 aliphatic heterocycles. The van der Waals surface area contributed by atoms with Crippen LogP contribution in [-0.2, 0) is 0 Å². The van der Waals surface area contributed by atoms with E-state index < -0.39 is 0 Å². The van der Waals surface area contributed by atoms with E-state index in [9.17, 15) is 0 Å². The van der Waals surface area contributed by atoms with Gasteiger partial charge in [-0.15, -0.1) is 0 Å². The van der Waals surface area contributed by atoms with Crippen LogP contribution in [0.4, 0.5) is 11.5 Å². The molecule has 32 heavy (non-hydrogen) atoms. The molecule has 4 rings (SSSR count). The second-order valence-electron chi connectivity index (χ2n) is 7.29. The van der Waals surface area contributed by atoms with Gasteiger partial charge < -0.3 is 10.6 Å². The van der Waals surface area contributed by atoms with Gasteiger partial charge in [0.15, 0.2) is 5.82 Å².